The smallest absolute Gasteiger partial charge is 0.321 e. The van der Waals surface area contributed by atoms with E-state index in [0.717, 1.165) is 16.8 Å². The molecule has 0 bridgehead atoms. The molecule has 118 valence electrons. The molecule has 0 spiro atoms. The molecule has 0 radical (unpaired) electrons. The quantitative estimate of drug-likeness (QED) is 0.930. The third kappa shape index (κ3) is 4.11. The molecule has 0 aliphatic carbocycles. The number of carbonyl (C=O) groups excluding carboxylic acids is 1. The lowest BCUT2D eigenvalue weighted by atomic mass is 10.3. The number of nitrogens with zero attached hydrogens (tertiary/aromatic N) is 2. The third-order valence-electron chi connectivity index (χ3n) is 2.91. The fourth-order valence-electron chi connectivity index (χ4n) is 1.83. The average Bonchev–Trinajstić information content (AvgIpc) is 2.83. The van der Waals surface area contributed by atoms with Crippen molar-refractivity contribution in [1.29, 1.82) is 0 Å². The van der Waals surface area contributed by atoms with Crippen LogP contribution in [0.1, 0.15) is 10.7 Å². The number of aromatic nitrogens is 1. The number of hydrogen-bond donors (Lipinski definition) is 1. The zero-order chi connectivity index (χ0) is 16.3. The molecule has 0 aliphatic rings. The van der Waals surface area contributed by atoms with Crippen molar-refractivity contribution in [3.8, 4) is 0 Å². The van der Waals surface area contributed by atoms with Crippen LogP contribution in [0.4, 0.5) is 14.9 Å². The minimum absolute atomic E-state index is 0.115. The Labute approximate surface area is 134 Å². The molecule has 1 aromatic heterocycles. The van der Waals surface area contributed by atoms with E-state index in [1.807, 2.05) is 12.3 Å². The standard InChI is InChI=1S/C14H16FN3O2S2/c1-9-16-11(8-21-9)7-18(2)14(19)17-10-4-5-13(22(3)20)12(15)6-10/h4-6,8H,7H2,1-3H3,(H,17,19)/t22-/m0/s1. The van der Waals surface area contributed by atoms with E-state index in [4.69, 9.17) is 0 Å². The molecule has 1 aromatic carbocycles. The fraction of sp³-hybridized carbons (Fsp3) is 0.286. The fourth-order valence-corrected chi connectivity index (χ4v) is 3.02. The number of aryl methyl sites for hydroxylation is 1. The first-order valence-electron chi connectivity index (χ1n) is 6.43. The Morgan fingerprint density at radius 1 is 1.50 bits per heavy atom. The highest BCUT2D eigenvalue weighted by molar-refractivity contribution is 7.84. The normalized spacial score (nSPS) is 12.0. The summed E-state index contributed by atoms with van der Waals surface area (Å²) in [7, 11) is 0.235. The molecule has 1 N–H and O–H groups in total. The number of halogens is 1. The van der Waals surface area contributed by atoms with E-state index in [-0.39, 0.29) is 10.9 Å². The number of anilines is 1. The van der Waals surface area contributed by atoms with Crippen molar-refractivity contribution in [3.63, 3.8) is 0 Å². The molecule has 2 amide bonds. The van der Waals surface area contributed by atoms with Crippen LogP contribution in [-0.4, -0.2) is 33.4 Å². The summed E-state index contributed by atoms with van der Waals surface area (Å²) >= 11 is 1.52. The lowest BCUT2D eigenvalue weighted by Crippen LogP contribution is -2.31. The maximum absolute atomic E-state index is 13.7. The zero-order valence-corrected chi connectivity index (χ0v) is 14.1. The van der Waals surface area contributed by atoms with Crippen LogP contribution in [0, 0.1) is 12.7 Å². The molecule has 0 unspecified atom stereocenters. The molecule has 1 heterocycles. The monoisotopic (exact) mass is 341 g/mol. The molecule has 1 atom stereocenters. The summed E-state index contributed by atoms with van der Waals surface area (Å²) in [6.07, 6.45) is 1.40. The predicted octanol–water partition coefficient (Wildman–Crippen LogP) is 2.99. The maximum Gasteiger partial charge on any atom is 0.321 e. The van der Waals surface area contributed by atoms with E-state index in [1.54, 1.807) is 7.05 Å². The van der Waals surface area contributed by atoms with Gasteiger partial charge in [0.05, 0.1) is 32.9 Å². The Bertz CT molecular complexity index is 718. The largest absolute Gasteiger partial charge is 0.322 e. The number of hydrogen-bond acceptors (Lipinski definition) is 4. The van der Waals surface area contributed by atoms with Gasteiger partial charge in [-0.3, -0.25) is 4.21 Å². The van der Waals surface area contributed by atoms with Gasteiger partial charge >= 0.3 is 6.03 Å². The van der Waals surface area contributed by atoms with E-state index in [2.05, 4.69) is 10.3 Å². The first-order valence-corrected chi connectivity index (χ1v) is 8.86. The Hall–Kier alpha value is -1.80. The molecule has 2 aromatic rings. The molecule has 5 nitrogen and oxygen atoms in total. The summed E-state index contributed by atoms with van der Waals surface area (Å²) in [5, 5.41) is 5.43. The molecule has 0 saturated heterocycles. The zero-order valence-electron chi connectivity index (χ0n) is 12.4. The van der Waals surface area contributed by atoms with Crippen molar-refractivity contribution in [3.05, 3.63) is 40.1 Å². The van der Waals surface area contributed by atoms with Gasteiger partial charge in [-0.05, 0) is 25.1 Å². The number of benzene rings is 1. The number of amides is 2. The van der Waals surface area contributed by atoms with Crippen LogP contribution in [0.5, 0.6) is 0 Å². The van der Waals surface area contributed by atoms with Crippen LogP contribution < -0.4 is 5.32 Å². The molecule has 8 heteroatoms. The van der Waals surface area contributed by atoms with Crippen LogP contribution in [0.25, 0.3) is 0 Å². The summed E-state index contributed by atoms with van der Waals surface area (Å²) in [5.41, 5.74) is 1.13. The lowest BCUT2D eigenvalue weighted by molar-refractivity contribution is 0.220. The summed E-state index contributed by atoms with van der Waals surface area (Å²) in [6, 6.07) is 3.73. The molecule has 22 heavy (non-hydrogen) atoms. The van der Waals surface area contributed by atoms with E-state index in [1.165, 1.54) is 34.6 Å². The van der Waals surface area contributed by atoms with Crippen LogP contribution >= 0.6 is 11.3 Å². The molecule has 0 saturated carbocycles. The van der Waals surface area contributed by atoms with E-state index in [0.29, 0.717) is 12.2 Å². The second-order valence-corrected chi connectivity index (χ2v) is 7.15. The second kappa shape index (κ2) is 6.97. The summed E-state index contributed by atoms with van der Waals surface area (Å²) < 4.78 is 25.0. The number of nitrogens with one attached hydrogen (secondary N) is 1. The number of carbonyl (C=O) groups is 1. The molecule has 0 fully saturated rings. The van der Waals surface area contributed by atoms with Gasteiger partial charge in [-0.15, -0.1) is 11.3 Å². The summed E-state index contributed by atoms with van der Waals surface area (Å²) in [4.78, 5) is 17.9. The molecule has 0 aliphatic heterocycles. The van der Waals surface area contributed by atoms with Crippen molar-refractivity contribution >= 4 is 33.9 Å². The van der Waals surface area contributed by atoms with Gasteiger partial charge < -0.3 is 10.2 Å². The minimum Gasteiger partial charge on any atom is -0.322 e. The Kier molecular flexibility index (Phi) is 5.25. The first kappa shape index (κ1) is 16.6. The highest BCUT2D eigenvalue weighted by atomic mass is 32.2. The third-order valence-corrected chi connectivity index (χ3v) is 4.68. The molecule has 2 rings (SSSR count). The van der Waals surface area contributed by atoms with Gasteiger partial charge in [0.2, 0.25) is 0 Å². The van der Waals surface area contributed by atoms with Crippen LogP contribution in [0.3, 0.4) is 0 Å². The van der Waals surface area contributed by atoms with E-state index in [9.17, 15) is 13.4 Å². The van der Waals surface area contributed by atoms with Gasteiger partial charge in [0, 0.05) is 24.4 Å². The first-order chi connectivity index (χ1) is 10.4. The van der Waals surface area contributed by atoms with Crippen molar-refractivity contribution in [2.45, 2.75) is 18.4 Å². The van der Waals surface area contributed by atoms with Crippen LogP contribution in [0.15, 0.2) is 28.5 Å². The van der Waals surface area contributed by atoms with Gasteiger partial charge in [-0.25, -0.2) is 14.2 Å². The number of thiazole rings is 1. The highest BCUT2D eigenvalue weighted by Gasteiger charge is 2.13. The average molecular weight is 341 g/mol. The van der Waals surface area contributed by atoms with Gasteiger partial charge in [0.1, 0.15) is 5.82 Å². The summed E-state index contributed by atoms with van der Waals surface area (Å²) in [6.45, 7) is 2.27. The van der Waals surface area contributed by atoms with E-state index < -0.39 is 16.6 Å². The maximum atomic E-state index is 13.7. The van der Waals surface area contributed by atoms with Gasteiger partial charge in [-0.1, -0.05) is 0 Å². The van der Waals surface area contributed by atoms with Crippen molar-refractivity contribution in [1.82, 2.24) is 9.88 Å². The number of rotatable bonds is 4. The Morgan fingerprint density at radius 2 is 2.23 bits per heavy atom. The van der Waals surface area contributed by atoms with Crippen LogP contribution in [0.2, 0.25) is 0 Å². The predicted molar refractivity (Wildman–Crippen MR) is 86.1 cm³/mol. The minimum atomic E-state index is -1.40. The lowest BCUT2D eigenvalue weighted by Gasteiger charge is -2.17. The Balaban J connectivity index is 2.02. The second-order valence-electron chi connectivity index (χ2n) is 4.74. The molecular weight excluding hydrogens is 325 g/mol. The Morgan fingerprint density at radius 3 is 2.77 bits per heavy atom. The van der Waals surface area contributed by atoms with Crippen molar-refractivity contribution < 1.29 is 13.4 Å². The van der Waals surface area contributed by atoms with Crippen LogP contribution in [-0.2, 0) is 17.3 Å². The highest BCUT2D eigenvalue weighted by Crippen LogP contribution is 2.17. The summed E-state index contributed by atoms with van der Waals surface area (Å²) in [5.74, 6) is -0.601. The van der Waals surface area contributed by atoms with E-state index >= 15 is 0 Å². The van der Waals surface area contributed by atoms with Gasteiger partial charge in [0.25, 0.3) is 0 Å². The SMILES string of the molecule is Cc1nc(CN(C)C(=O)Nc2ccc([S@](C)=O)c(F)c2)cs1. The van der Waals surface area contributed by atoms with Gasteiger partial charge in [-0.2, -0.15) is 0 Å². The van der Waals surface area contributed by atoms with Gasteiger partial charge in [0.15, 0.2) is 0 Å². The topological polar surface area (TPSA) is 62.3 Å². The van der Waals surface area contributed by atoms with Crippen molar-refractivity contribution in [2.75, 3.05) is 18.6 Å². The number of urea groups is 1. The molecular formula is C14H16FN3O2S2. The van der Waals surface area contributed by atoms with Crippen molar-refractivity contribution in [2.24, 2.45) is 0 Å².